The summed E-state index contributed by atoms with van der Waals surface area (Å²) in [6.45, 7) is 11.4. The molecule has 1 aromatic carbocycles. The van der Waals surface area contributed by atoms with Gasteiger partial charge in [0.2, 0.25) is 0 Å². The van der Waals surface area contributed by atoms with Crippen LogP contribution in [0.25, 0.3) is 0 Å². The van der Waals surface area contributed by atoms with Crippen LogP contribution in [0.3, 0.4) is 0 Å². The van der Waals surface area contributed by atoms with Crippen LogP contribution < -0.4 is 4.18 Å². The van der Waals surface area contributed by atoms with Gasteiger partial charge < -0.3 is 4.18 Å². The van der Waals surface area contributed by atoms with Crippen LogP contribution in [0.2, 0.25) is 0 Å². The summed E-state index contributed by atoms with van der Waals surface area (Å²) in [5.41, 5.74) is 0.759. The Bertz CT molecular complexity index is 673. The van der Waals surface area contributed by atoms with Gasteiger partial charge in [-0.05, 0) is 34.1 Å². The molecule has 0 saturated carbocycles. The largest absolute Gasteiger partial charge is 0.456 e. The van der Waals surface area contributed by atoms with E-state index in [9.17, 15) is 17.2 Å². The van der Waals surface area contributed by atoms with E-state index in [0.29, 0.717) is 0 Å². The fourth-order valence-electron chi connectivity index (χ4n) is 1.78. The predicted octanol–water partition coefficient (Wildman–Crippen LogP) is 4.61. The molecule has 0 aliphatic heterocycles. The highest BCUT2D eigenvalue weighted by atomic mass is 32.3. The van der Waals surface area contributed by atoms with Crippen molar-refractivity contribution in [2.24, 2.45) is 0 Å². The van der Waals surface area contributed by atoms with Crippen LogP contribution in [0.1, 0.15) is 52.7 Å². The smallest absolute Gasteiger partial charge is 0.377 e. The average molecular weight is 400 g/mol. The van der Waals surface area contributed by atoms with Crippen molar-refractivity contribution in [3.05, 3.63) is 29.3 Å². The highest BCUT2D eigenvalue weighted by Crippen LogP contribution is 2.39. The summed E-state index contributed by atoms with van der Waals surface area (Å²) in [6, 6.07) is 4.68. The van der Waals surface area contributed by atoms with Crippen molar-refractivity contribution in [3.63, 3.8) is 0 Å². The molecule has 0 aromatic heterocycles. The summed E-state index contributed by atoms with van der Waals surface area (Å²) in [6.07, 6.45) is 0. The summed E-state index contributed by atoms with van der Waals surface area (Å²) in [4.78, 5) is 0. The number of hydrogen-bond donors (Lipinski definition) is 1. The van der Waals surface area contributed by atoms with Crippen LogP contribution in [0.4, 0.5) is 8.78 Å². The Hall–Kier alpha value is -0.940. The van der Waals surface area contributed by atoms with Crippen LogP contribution in [-0.4, -0.2) is 18.3 Å². The van der Waals surface area contributed by atoms with E-state index in [4.69, 9.17) is 5.26 Å². The molecule has 0 amide bonds. The van der Waals surface area contributed by atoms with Crippen molar-refractivity contribution >= 4 is 22.2 Å². The Balaban J connectivity index is 3.33. The van der Waals surface area contributed by atoms with Gasteiger partial charge in [-0.2, -0.15) is 17.2 Å². The molecule has 0 bridgehead atoms. The first-order valence-corrected chi connectivity index (χ1v) is 9.39. The SMILES string of the molecule is CC(C)(C)c1cc(OS(=O)(=O)C(F)(F)SOOO)cc(C(C)(C)C)c1. The minimum absolute atomic E-state index is 0.234. The molecule has 144 valence electrons. The van der Waals surface area contributed by atoms with Crippen LogP contribution in [-0.2, 0) is 30.3 Å². The van der Waals surface area contributed by atoms with Gasteiger partial charge in [-0.15, -0.1) is 4.33 Å². The predicted molar refractivity (Wildman–Crippen MR) is 90.7 cm³/mol. The monoisotopic (exact) mass is 400 g/mol. The Morgan fingerprint density at radius 3 is 1.76 bits per heavy atom. The lowest BCUT2D eigenvalue weighted by Crippen LogP contribution is -2.30. The minimum atomic E-state index is -5.40. The molecular formula is C15H22F2O6S2. The lowest BCUT2D eigenvalue weighted by atomic mass is 9.80. The van der Waals surface area contributed by atoms with Gasteiger partial charge >= 0.3 is 14.7 Å². The normalized spacial score (nSPS) is 13.8. The average Bonchev–Trinajstić information content (AvgIpc) is 2.42. The minimum Gasteiger partial charge on any atom is -0.377 e. The molecule has 10 heteroatoms. The summed E-state index contributed by atoms with van der Waals surface area (Å²) < 4.78 is 54.7. The topological polar surface area (TPSA) is 82.1 Å². The molecule has 0 aliphatic rings. The van der Waals surface area contributed by atoms with Crippen molar-refractivity contribution in [3.8, 4) is 5.75 Å². The second-order valence-electron chi connectivity index (χ2n) is 7.47. The number of halogens is 2. The molecule has 1 aromatic rings. The first-order chi connectivity index (χ1) is 11.1. The zero-order chi connectivity index (χ0) is 19.7. The van der Waals surface area contributed by atoms with Crippen LogP contribution in [0.15, 0.2) is 18.2 Å². The third-order valence-corrected chi connectivity index (χ3v) is 5.43. The van der Waals surface area contributed by atoms with E-state index in [0.717, 1.165) is 11.1 Å². The second-order valence-corrected chi connectivity index (χ2v) is 10.1. The maximum absolute atomic E-state index is 13.7. The van der Waals surface area contributed by atoms with E-state index >= 15 is 0 Å². The molecule has 1 rings (SSSR count). The lowest BCUT2D eigenvalue weighted by molar-refractivity contribution is -0.433. The van der Waals surface area contributed by atoms with Gasteiger partial charge in [0.1, 0.15) is 17.8 Å². The summed E-state index contributed by atoms with van der Waals surface area (Å²) in [5.74, 6) is -0.234. The molecule has 0 saturated heterocycles. The van der Waals surface area contributed by atoms with Crippen LogP contribution >= 0.6 is 12.0 Å². The number of rotatable bonds is 6. The molecule has 0 heterocycles. The van der Waals surface area contributed by atoms with Gasteiger partial charge in [0.15, 0.2) is 0 Å². The van der Waals surface area contributed by atoms with Gasteiger partial charge in [-0.3, -0.25) is 0 Å². The number of hydrogen-bond acceptors (Lipinski definition) is 7. The maximum Gasteiger partial charge on any atom is 0.456 e. The van der Waals surface area contributed by atoms with Crippen LogP contribution in [0, 0.1) is 0 Å². The molecule has 0 radical (unpaired) electrons. The van der Waals surface area contributed by atoms with Crippen molar-refractivity contribution in [2.45, 2.75) is 57.0 Å². The molecule has 0 atom stereocenters. The third-order valence-electron chi connectivity index (χ3n) is 3.30. The third kappa shape index (κ3) is 5.78. The lowest BCUT2D eigenvalue weighted by Gasteiger charge is -2.26. The molecule has 0 aliphatic carbocycles. The summed E-state index contributed by atoms with van der Waals surface area (Å²) >= 11 is -0.894. The van der Waals surface area contributed by atoms with Gasteiger partial charge in [-0.25, -0.2) is 5.26 Å². The van der Waals surface area contributed by atoms with Gasteiger partial charge in [0.25, 0.3) is 0 Å². The van der Waals surface area contributed by atoms with E-state index in [1.165, 1.54) is 12.1 Å². The maximum atomic E-state index is 13.7. The van der Waals surface area contributed by atoms with E-state index < -0.39 is 26.7 Å². The van der Waals surface area contributed by atoms with Gasteiger partial charge in [0, 0.05) is 0 Å². The standard InChI is InChI=1S/C15H22F2O6S2/c1-13(2,3)10-7-11(14(4,5)6)9-12(8-10)21-25(19,20)15(16,17)24-23-22-18/h7-9,18H,1-6H3. The van der Waals surface area contributed by atoms with E-state index in [1.807, 2.05) is 47.6 Å². The van der Waals surface area contributed by atoms with Crippen molar-refractivity contribution in [2.75, 3.05) is 0 Å². The number of alkyl halides is 2. The summed E-state index contributed by atoms with van der Waals surface area (Å²) in [5, 5.41) is 10.9. The molecular weight excluding hydrogens is 378 g/mol. The molecule has 1 N–H and O–H groups in total. The molecule has 0 spiro atoms. The van der Waals surface area contributed by atoms with Gasteiger partial charge in [0.05, 0.1) is 0 Å². The van der Waals surface area contributed by atoms with Crippen LogP contribution in [0.5, 0.6) is 5.75 Å². The molecule has 25 heavy (non-hydrogen) atoms. The second kappa shape index (κ2) is 7.36. The Kier molecular flexibility index (Phi) is 6.50. The zero-order valence-corrected chi connectivity index (χ0v) is 16.4. The first kappa shape index (κ1) is 22.1. The Morgan fingerprint density at radius 1 is 0.960 bits per heavy atom. The quantitative estimate of drug-likeness (QED) is 0.323. The highest BCUT2D eigenvalue weighted by Gasteiger charge is 2.51. The molecule has 0 fully saturated rings. The fraction of sp³-hybridized carbons (Fsp3) is 0.600. The van der Waals surface area contributed by atoms with E-state index in [-0.39, 0.29) is 16.6 Å². The Labute approximate surface area is 150 Å². The number of benzene rings is 1. The zero-order valence-electron chi connectivity index (χ0n) is 14.8. The van der Waals surface area contributed by atoms with Crippen molar-refractivity contribution in [1.29, 1.82) is 0 Å². The molecule has 0 unspecified atom stereocenters. The summed E-state index contributed by atoms with van der Waals surface area (Å²) in [7, 11) is -5.40. The van der Waals surface area contributed by atoms with Gasteiger partial charge in [-0.1, -0.05) is 52.6 Å². The van der Waals surface area contributed by atoms with Crippen molar-refractivity contribution in [1.82, 2.24) is 0 Å². The fourth-order valence-corrected chi connectivity index (χ4v) is 2.86. The van der Waals surface area contributed by atoms with Crippen molar-refractivity contribution < 1.29 is 36.0 Å². The Morgan fingerprint density at radius 2 is 1.40 bits per heavy atom. The van der Waals surface area contributed by atoms with E-state index in [1.54, 1.807) is 0 Å². The molecule has 6 nitrogen and oxygen atoms in total. The highest BCUT2D eigenvalue weighted by molar-refractivity contribution is 8.09. The first-order valence-electron chi connectivity index (χ1n) is 7.24. The van der Waals surface area contributed by atoms with E-state index in [2.05, 4.69) is 13.6 Å².